The number of Topliss-reactive ketones (excluding diaryl/α,β-unsaturated/α-hetero) is 1. The van der Waals surface area contributed by atoms with Crippen molar-refractivity contribution in [3.8, 4) is 0 Å². The second kappa shape index (κ2) is 8.96. The lowest BCUT2D eigenvalue weighted by molar-refractivity contribution is -0.139. The average Bonchev–Trinajstić information content (AvgIpc) is 2.72. The normalized spacial score (nSPS) is 19.3. The van der Waals surface area contributed by atoms with Crippen LogP contribution in [0, 0.1) is 11.7 Å². The second-order valence-electron chi connectivity index (χ2n) is 6.22. The van der Waals surface area contributed by atoms with Crippen LogP contribution in [0.5, 0.6) is 0 Å². The summed E-state index contributed by atoms with van der Waals surface area (Å²) in [6.07, 6.45) is 1.06. The maximum absolute atomic E-state index is 12.9. The number of carbonyl (C=O) groups excluding carboxylic acids is 3. The highest BCUT2D eigenvalue weighted by Crippen LogP contribution is 2.18. The molecule has 1 heterocycles. The molecule has 1 aliphatic rings. The lowest BCUT2D eigenvalue weighted by Crippen LogP contribution is -2.52. The van der Waals surface area contributed by atoms with Crippen molar-refractivity contribution < 1.29 is 18.8 Å². The lowest BCUT2D eigenvalue weighted by atomic mass is 10.0. The molecule has 2 rings (SSSR count). The smallest absolute Gasteiger partial charge is 0.289 e. The van der Waals surface area contributed by atoms with Gasteiger partial charge >= 0.3 is 0 Å². The third-order valence-corrected chi connectivity index (χ3v) is 4.76. The third kappa shape index (κ3) is 5.54. The molecule has 2 unspecified atom stereocenters. The van der Waals surface area contributed by atoms with Crippen molar-refractivity contribution in [3.63, 3.8) is 0 Å². The van der Waals surface area contributed by atoms with Gasteiger partial charge in [0.05, 0.1) is 12.1 Å². The minimum Gasteiger partial charge on any atom is -0.349 e. The zero-order valence-corrected chi connectivity index (χ0v) is 15.0. The minimum atomic E-state index is -0.797. The summed E-state index contributed by atoms with van der Waals surface area (Å²) >= 11 is 1.22. The zero-order valence-electron chi connectivity index (χ0n) is 14.2. The molecular formula is C17H22FN3O3S. The fraction of sp³-hybridized carbons (Fsp3) is 0.471. The van der Waals surface area contributed by atoms with Crippen LogP contribution in [0.4, 0.5) is 4.39 Å². The summed E-state index contributed by atoms with van der Waals surface area (Å²) in [6.45, 7) is 4.19. The van der Waals surface area contributed by atoms with Crippen molar-refractivity contribution >= 4 is 29.5 Å². The van der Waals surface area contributed by atoms with Crippen molar-refractivity contribution in [2.24, 2.45) is 5.92 Å². The van der Waals surface area contributed by atoms with E-state index in [0.717, 1.165) is 4.90 Å². The van der Waals surface area contributed by atoms with Crippen molar-refractivity contribution in [1.29, 1.82) is 0 Å². The lowest BCUT2D eigenvalue weighted by Gasteiger charge is -2.23. The van der Waals surface area contributed by atoms with Gasteiger partial charge in [0.2, 0.25) is 11.7 Å². The van der Waals surface area contributed by atoms with Crippen LogP contribution in [0.2, 0.25) is 0 Å². The molecule has 0 aromatic heterocycles. The van der Waals surface area contributed by atoms with Crippen LogP contribution >= 0.6 is 11.9 Å². The van der Waals surface area contributed by atoms with Crippen LogP contribution in [0.3, 0.4) is 0 Å². The number of benzene rings is 1. The summed E-state index contributed by atoms with van der Waals surface area (Å²) in [5.74, 6) is -1.97. The molecule has 2 amide bonds. The first-order valence-corrected chi connectivity index (χ1v) is 9.00. The van der Waals surface area contributed by atoms with Gasteiger partial charge in [-0.2, -0.15) is 0 Å². The van der Waals surface area contributed by atoms with E-state index in [1.54, 1.807) is 12.1 Å². The summed E-state index contributed by atoms with van der Waals surface area (Å²) in [5.41, 5.74) is 0. The maximum Gasteiger partial charge on any atom is 0.289 e. The molecule has 8 heteroatoms. The molecule has 0 spiro atoms. The zero-order chi connectivity index (χ0) is 18.4. The topological polar surface area (TPSA) is 87.3 Å². The van der Waals surface area contributed by atoms with Gasteiger partial charge < -0.3 is 10.6 Å². The van der Waals surface area contributed by atoms with Gasteiger partial charge in [0.25, 0.3) is 5.91 Å². The van der Waals surface area contributed by atoms with E-state index >= 15 is 0 Å². The van der Waals surface area contributed by atoms with Gasteiger partial charge in [-0.3, -0.25) is 14.4 Å². The van der Waals surface area contributed by atoms with Gasteiger partial charge in [-0.15, -0.1) is 0 Å². The van der Waals surface area contributed by atoms with E-state index in [-0.39, 0.29) is 17.6 Å². The van der Waals surface area contributed by atoms with Crippen molar-refractivity contribution in [1.82, 2.24) is 15.4 Å². The quantitative estimate of drug-likeness (QED) is 0.523. The highest BCUT2D eigenvalue weighted by Gasteiger charge is 2.31. The van der Waals surface area contributed by atoms with E-state index < -0.39 is 23.8 Å². The van der Waals surface area contributed by atoms with Crippen molar-refractivity contribution in [3.05, 3.63) is 30.1 Å². The fourth-order valence-electron chi connectivity index (χ4n) is 2.41. The molecule has 0 bridgehead atoms. The highest BCUT2D eigenvalue weighted by atomic mass is 32.2. The molecule has 1 aliphatic heterocycles. The Hall–Kier alpha value is -1.93. The number of rotatable bonds is 6. The largest absolute Gasteiger partial charge is 0.349 e. The molecule has 3 N–H and O–H groups in total. The monoisotopic (exact) mass is 367 g/mol. The summed E-state index contributed by atoms with van der Waals surface area (Å²) in [6, 6.07) is 4.56. The number of hydrogen-bond donors (Lipinski definition) is 3. The van der Waals surface area contributed by atoms with Crippen molar-refractivity contribution in [2.45, 2.75) is 43.7 Å². The molecule has 1 aromatic rings. The molecule has 0 aliphatic carbocycles. The first-order chi connectivity index (χ1) is 11.9. The molecule has 1 saturated heterocycles. The number of nitrogens with one attached hydrogen (secondary N) is 3. The SMILES string of the molecule is CC(C)C(NSc1ccc(F)cc1)C(=O)NC1CCCNC(=O)C1=O. The Bertz CT molecular complexity index is 637. The summed E-state index contributed by atoms with van der Waals surface area (Å²) in [7, 11) is 0. The van der Waals surface area contributed by atoms with Crippen molar-refractivity contribution in [2.75, 3.05) is 6.54 Å². The summed E-state index contributed by atoms with van der Waals surface area (Å²) in [5, 5.41) is 5.19. The molecule has 0 radical (unpaired) electrons. The van der Waals surface area contributed by atoms with E-state index in [1.165, 1.54) is 24.1 Å². The minimum absolute atomic E-state index is 0.0392. The molecular weight excluding hydrogens is 345 g/mol. The van der Waals surface area contributed by atoms with Crippen LogP contribution in [0.1, 0.15) is 26.7 Å². The average molecular weight is 367 g/mol. The molecule has 2 atom stereocenters. The van der Waals surface area contributed by atoms with Gasteiger partial charge in [0.1, 0.15) is 5.82 Å². The maximum atomic E-state index is 12.9. The predicted molar refractivity (Wildman–Crippen MR) is 93.2 cm³/mol. The fourth-order valence-corrected chi connectivity index (χ4v) is 3.32. The van der Waals surface area contributed by atoms with E-state index in [9.17, 15) is 18.8 Å². The molecule has 6 nitrogen and oxygen atoms in total. The number of carbonyl (C=O) groups is 3. The Labute approximate surface area is 150 Å². The molecule has 25 heavy (non-hydrogen) atoms. The first kappa shape index (κ1) is 19.4. The Kier molecular flexibility index (Phi) is 6.95. The number of halogens is 1. The number of hydrogen-bond acceptors (Lipinski definition) is 5. The molecule has 1 fully saturated rings. The second-order valence-corrected chi connectivity index (χ2v) is 7.13. The van der Waals surface area contributed by atoms with E-state index in [1.807, 2.05) is 13.8 Å². The first-order valence-electron chi connectivity index (χ1n) is 8.19. The van der Waals surface area contributed by atoms with Crippen LogP contribution in [0.25, 0.3) is 0 Å². The predicted octanol–water partition coefficient (Wildman–Crippen LogP) is 1.41. The highest BCUT2D eigenvalue weighted by molar-refractivity contribution is 7.97. The van der Waals surface area contributed by atoms with E-state index in [2.05, 4.69) is 15.4 Å². The molecule has 1 aromatic carbocycles. The summed E-state index contributed by atoms with van der Waals surface area (Å²) in [4.78, 5) is 36.9. The van der Waals surface area contributed by atoms with Crippen LogP contribution in [-0.2, 0) is 14.4 Å². The van der Waals surface area contributed by atoms with Gasteiger partial charge in [0.15, 0.2) is 0 Å². The van der Waals surface area contributed by atoms with E-state index in [0.29, 0.717) is 19.4 Å². The Morgan fingerprint density at radius 2 is 1.96 bits per heavy atom. The molecule has 0 saturated carbocycles. The Balaban J connectivity index is 1.98. The van der Waals surface area contributed by atoms with Crippen LogP contribution in [-0.4, -0.2) is 36.2 Å². The summed E-state index contributed by atoms with van der Waals surface area (Å²) < 4.78 is 16.0. The standard InChI is InChI=1S/C17H22FN3O3S/c1-10(2)14(21-25-12-7-5-11(18)6-8-12)16(23)20-13-4-3-9-19-17(24)15(13)22/h5-8,10,13-14,21H,3-4,9H2,1-2H3,(H,19,24)(H,20,23). The van der Waals surface area contributed by atoms with Crippen LogP contribution in [0.15, 0.2) is 29.2 Å². The third-order valence-electron chi connectivity index (χ3n) is 3.88. The van der Waals surface area contributed by atoms with Gasteiger partial charge in [-0.25, -0.2) is 9.11 Å². The molecule has 136 valence electrons. The number of amides is 2. The van der Waals surface area contributed by atoms with Gasteiger partial charge in [0, 0.05) is 11.4 Å². The van der Waals surface area contributed by atoms with Gasteiger partial charge in [-0.1, -0.05) is 13.8 Å². The van der Waals surface area contributed by atoms with Crippen LogP contribution < -0.4 is 15.4 Å². The van der Waals surface area contributed by atoms with Gasteiger partial charge in [-0.05, 0) is 55.0 Å². The Morgan fingerprint density at radius 3 is 2.60 bits per heavy atom. The Morgan fingerprint density at radius 1 is 1.28 bits per heavy atom. The number of ketones is 1. The van der Waals surface area contributed by atoms with E-state index in [4.69, 9.17) is 0 Å².